The third-order valence-corrected chi connectivity index (χ3v) is 5.39. The number of hydrogen-bond donors (Lipinski definition) is 1. The van der Waals surface area contributed by atoms with Crippen molar-refractivity contribution in [1.29, 1.82) is 0 Å². The standard InChI is InChI=1S/C26H26N2O6/c1-30-11-10-28-26(29)17-7-5-6-16(12-17)19-8-9-27-20-15-21(34-24(19)20)18-13-22(31-2)25(33-4)23(14-18)32-3/h5-9,12-15H,10-11H2,1-4H3,(H,28,29). The molecule has 8 nitrogen and oxygen atoms in total. The van der Waals surface area contributed by atoms with Crippen molar-refractivity contribution in [3.8, 4) is 39.7 Å². The molecule has 2 heterocycles. The third-order valence-electron chi connectivity index (χ3n) is 5.39. The largest absolute Gasteiger partial charge is 0.493 e. The number of aromatic nitrogens is 1. The first-order valence-corrected chi connectivity index (χ1v) is 10.7. The van der Waals surface area contributed by atoms with Gasteiger partial charge in [-0.2, -0.15) is 0 Å². The van der Waals surface area contributed by atoms with E-state index >= 15 is 0 Å². The number of nitrogens with zero attached hydrogens (tertiary/aromatic N) is 1. The number of furan rings is 1. The van der Waals surface area contributed by atoms with Gasteiger partial charge in [-0.15, -0.1) is 0 Å². The van der Waals surface area contributed by atoms with Crippen molar-refractivity contribution < 1.29 is 28.2 Å². The molecule has 34 heavy (non-hydrogen) atoms. The van der Waals surface area contributed by atoms with Gasteiger partial charge < -0.3 is 28.7 Å². The van der Waals surface area contributed by atoms with Gasteiger partial charge in [-0.05, 0) is 35.9 Å². The Bertz CT molecular complexity index is 1290. The Hall–Kier alpha value is -4.04. The average Bonchev–Trinajstić information content (AvgIpc) is 3.32. The van der Waals surface area contributed by atoms with Gasteiger partial charge in [0, 0.05) is 42.6 Å². The number of hydrogen-bond acceptors (Lipinski definition) is 7. The Labute approximate surface area is 197 Å². The molecule has 0 saturated heterocycles. The van der Waals surface area contributed by atoms with E-state index in [0.29, 0.717) is 52.8 Å². The number of pyridine rings is 1. The lowest BCUT2D eigenvalue weighted by Crippen LogP contribution is -2.26. The highest BCUT2D eigenvalue weighted by Crippen LogP contribution is 2.42. The summed E-state index contributed by atoms with van der Waals surface area (Å²) in [4.78, 5) is 17.0. The highest BCUT2D eigenvalue weighted by Gasteiger charge is 2.18. The summed E-state index contributed by atoms with van der Waals surface area (Å²) >= 11 is 0. The molecule has 4 aromatic rings. The second kappa shape index (κ2) is 10.3. The van der Waals surface area contributed by atoms with Gasteiger partial charge in [0.15, 0.2) is 17.1 Å². The van der Waals surface area contributed by atoms with Crippen molar-refractivity contribution in [1.82, 2.24) is 10.3 Å². The number of methoxy groups -OCH3 is 4. The fourth-order valence-electron chi connectivity index (χ4n) is 3.73. The number of amides is 1. The van der Waals surface area contributed by atoms with Crippen molar-refractivity contribution in [3.63, 3.8) is 0 Å². The van der Waals surface area contributed by atoms with Crippen LogP contribution in [0.2, 0.25) is 0 Å². The van der Waals surface area contributed by atoms with Crippen LogP contribution < -0.4 is 19.5 Å². The first-order chi connectivity index (χ1) is 16.6. The summed E-state index contributed by atoms with van der Waals surface area (Å²) in [5.74, 6) is 1.99. The molecule has 0 aliphatic heterocycles. The summed E-state index contributed by atoms with van der Waals surface area (Å²) < 4.78 is 27.6. The van der Waals surface area contributed by atoms with E-state index in [-0.39, 0.29) is 5.91 Å². The zero-order valence-electron chi connectivity index (χ0n) is 19.5. The van der Waals surface area contributed by atoms with E-state index in [9.17, 15) is 4.79 Å². The number of ether oxygens (including phenoxy) is 4. The van der Waals surface area contributed by atoms with E-state index in [4.69, 9.17) is 23.4 Å². The van der Waals surface area contributed by atoms with Crippen LogP contribution in [0.5, 0.6) is 17.2 Å². The van der Waals surface area contributed by atoms with Gasteiger partial charge >= 0.3 is 0 Å². The van der Waals surface area contributed by atoms with Gasteiger partial charge in [-0.1, -0.05) is 12.1 Å². The second-order valence-corrected chi connectivity index (χ2v) is 7.43. The quantitative estimate of drug-likeness (QED) is 0.365. The molecule has 0 spiro atoms. The maximum absolute atomic E-state index is 12.5. The minimum atomic E-state index is -0.165. The Balaban J connectivity index is 1.74. The molecular weight excluding hydrogens is 436 g/mol. The number of fused-ring (bicyclic) bond motifs is 1. The van der Waals surface area contributed by atoms with Crippen LogP contribution in [0, 0.1) is 0 Å². The number of benzene rings is 2. The van der Waals surface area contributed by atoms with Gasteiger partial charge in [-0.3, -0.25) is 9.78 Å². The molecule has 0 radical (unpaired) electrons. The predicted molar refractivity (Wildman–Crippen MR) is 129 cm³/mol. The highest BCUT2D eigenvalue weighted by atomic mass is 16.5. The van der Waals surface area contributed by atoms with Crippen LogP contribution >= 0.6 is 0 Å². The molecule has 1 N–H and O–H groups in total. The molecule has 4 rings (SSSR count). The van der Waals surface area contributed by atoms with Gasteiger partial charge in [0.05, 0.1) is 27.9 Å². The lowest BCUT2D eigenvalue weighted by Gasteiger charge is -2.13. The molecule has 2 aromatic carbocycles. The smallest absolute Gasteiger partial charge is 0.251 e. The highest BCUT2D eigenvalue weighted by molar-refractivity contribution is 5.98. The summed E-state index contributed by atoms with van der Waals surface area (Å²) in [7, 11) is 6.29. The van der Waals surface area contributed by atoms with Crippen molar-refractivity contribution >= 4 is 17.0 Å². The molecule has 176 valence electrons. The van der Waals surface area contributed by atoms with E-state index in [1.165, 1.54) is 0 Å². The summed E-state index contributed by atoms with van der Waals surface area (Å²) in [6.07, 6.45) is 1.72. The van der Waals surface area contributed by atoms with Gasteiger partial charge in [0.25, 0.3) is 5.91 Å². The Morgan fingerprint density at radius 3 is 2.38 bits per heavy atom. The maximum Gasteiger partial charge on any atom is 0.251 e. The van der Waals surface area contributed by atoms with E-state index < -0.39 is 0 Å². The lowest BCUT2D eigenvalue weighted by atomic mass is 10.0. The SMILES string of the molecule is COCCNC(=O)c1cccc(-c2ccnc3cc(-c4cc(OC)c(OC)c(OC)c4)oc23)c1. The fourth-order valence-corrected chi connectivity index (χ4v) is 3.73. The number of carbonyl (C=O) groups is 1. The van der Waals surface area contributed by atoms with Crippen LogP contribution in [0.25, 0.3) is 33.6 Å². The minimum Gasteiger partial charge on any atom is -0.493 e. The maximum atomic E-state index is 12.5. The molecule has 0 atom stereocenters. The Morgan fingerprint density at radius 2 is 1.71 bits per heavy atom. The van der Waals surface area contributed by atoms with Crippen LogP contribution in [-0.2, 0) is 4.74 Å². The van der Waals surface area contributed by atoms with E-state index in [1.807, 2.05) is 42.5 Å². The zero-order valence-corrected chi connectivity index (χ0v) is 19.5. The number of carbonyl (C=O) groups excluding carboxylic acids is 1. The fraction of sp³-hybridized carbons (Fsp3) is 0.231. The summed E-state index contributed by atoms with van der Waals surface area (Å²) in [5.41, 5.74) is 4.28. The van der Waals surface area contributed by atoms with Gasteiger partial charge in [0.2, 0.25) is 5.75 Å². The first-order valence-electron chi connectivity index (χ1n) is 10.7. The first kappa shape index (κ1) is 23.1. The predicted octanol–water partition coefficient (Wildman–Crippen LogP) is 4.56. The van der Waals surface area contributed by atoms with Gasteiger partial charge in [0.1, 0.15) is 11.3 Å². The van der Waals surface area contributed by atoms with Crippen LogP contribution in [0.3, 0.4) is 0 Å². The summed E-state index contributed by atoms with van der Waals surface area (Å²) in [6, 6.07) is 14.8. The average molecular weight is 463 g/mol. The molecule has 0 fully saturated rings. The lowest BCUT2D eigenvalue weighted by molar-refractivity contribution is 0.0937. The third kappa shape index (κ3) is 4.53. The van der Waals surface area contributed by atoms with E-state index in [0.717, 1.165) is 16.7 Å². The van der Waals surface area contributed by atoms with Crippen molar-refractivity contribution in [2.75, 3.05) is 41.6 Å². The second-order valence-electron chi connectivity index (χ2n) is 7.43. The molecule has 0 aliphatic carbocycles. The van der Waals surface area contributed by atoms with E-state index in [2.05, 4.69) is 10.3 Å². The van der Waals surface area contributed by atoms with Crippen molar-refractivity contribution in [3.05, 3.63) is 60.3 Å². The summed E-state index contributed by atoms with van der Waals surface area (Å²) in [5, 5.41) is 2.84. The minimum absolute atomic E-state index is 0.165. The van der Waals surface area contributed by atoms with Crippen molar-refractivity contribution in [2.24, 2.45) is 0 Å². The number of rotatable bonds is 9. The Morgan fingerprint density at radius 1 is 0.941 bits per heavy atom. The summed E-state index contributed by atoms with van der Waals surface area (Å²) in [6.45, 7) is 0.891. The molecule has 8 heteroatoms. The molecule has 0 unspecified atom stereocenters. The van der Waals surface area contributed by atoms with E-state index in [1.54, 1.807) is 40.7 Å². The van der Waals surface area contributed by atoms with Gasteiger partial charge in [-0.25, -0.2) is 0 Å². The molecule has 0 aliphatic rings. The van der Waals surface area contributed by atoms with Crippen LogP contribution in [-0.4, -0.2) is 52.5 Å². The topological polar surface area (TPSA) is 92.1 Å². The zero-order chi connectivity index (χ0) is 24.1. The van der Waals surface area contributed by atoms with Crippen molar-refractivity contribution in [2.45, 2.75) is 0 Å². The molecule has 1 amide bonds. The molecule has 0 bridgehead atoms. The Kier molecular flexibility index (Phi) is 6.98. The normalized spacial score (nSPS) is 10.8. The number of nitrogens with one attached hydrogen (secondary N) is 1. The molecular formula is C26H26N2O6. The van der Waals surface area contributed by atoms with Crippen LogP contribution in [0.15, 0.2) is 59.1 Å². The molecule has 0 saturated carbocycles. The van der Waals surface area contributed by atoms with Crippen LogP contribution in [0.4, 0.5) is 0 Å². The van der Waals surface area contributed by atoms with Crippen LogP contribution in [0.1, 0.15) is 10.4 Å². The monoisotopic (exact) mass is 462 g/mol. The molecule has 2 aromatic heterocycles.